The maximum atomic E-state index is 11.8. The summed E-state index contributed by atoms with van der Waals surface area (Å²) >= 11 is 9.17. The number of hydrogen-bond donors (Lipinski definition) is 2. The van der Waals surface area contributed by atoms with Gasteiger partial charge >= 0.3 is 0 Å². The van der Waals surface area contributed by atoms with Crippen LogP contribution in [0.5, 0.6) is 0 Å². The van der Waals surface area contributed by atoms with Crippen LogP contribution in [0.1, 0.15) is 11.1 Å². The normalized spacial score (nSPS) is 9.80. The fourth-order valence-corrected chi connectivity index (χ4v) is 2.28. The van der Waals surface area contributed by atoms with E-state index < -0.39 is 5.56 Å². The molecule has 20 heavy (non-hydrogen) atoms. The molecule has 2 aromatic rings. The van der Waals surface area contributed by atoms with Gasteiger partial charge in [0.25, 0.3) is 5.56 Å². The summed E-state index contributed by atoms with van der Waals surface area (Å²) in [6.07, 6.45) is 0. The topological polar surface area (TPSA) is 106 Å². The number of aromatic amines is 1. The first-order valence-corrected chi connectivity index (χ1v) is 6.48. The number of H-pyrrole nitrogens is 1. The highest BCUT2D eigenvalue weighted by Gasteiger charge is 2.18. The monoisotopic (exact) mass is 348 g/mol. The molecule has 0 radical (unpaired) electrons. The number of nitrogen functional groups attached to an aromatic ring is 1. The average Bonchev–Trinajstić information content (AvgIpc) is 2.41. The number of anilines is 1. The first-order valence-electron chi connectivity index (χ1n) is 5.31. The first kappa shape index (κ1) is 14.1. The van der Waals surface area contributed by atoms with E-state index in [-0.39, 0.29) is 22.5 Å². The van der Waals surface area contributed by atoms with Crippen molar-refractivity contribution in [2.75, 3.05) is 5.73 Å². The van der Waals surface area contributed by atoms with Gasteiger partial charge in [-0.1, -0.05) is 17.7 Å². The van der Waals surface area contributed by atoms with Crippen LogP contribution >= 0.6 is 27.5 Å². The SMILES string of the molecule is N#Cc1c(N)[nH]c(=O)c(C#N)c1-c1ccc(Cl)c(Br)c1. The molecule has 0 saturated carbocycles. The highest BCUT2D eigenvalue weighted by molar-refractivity contribution is 9.10. The van der Waals surface area contributed by atoms with Crippen LogP contribution in [0.25, 0.3) is 11.1 Å². The lowest BCUT2D eigenvalue weighted by Gasteiger charge is -2.09. The summed E-state index contributed by atoms with van der Waals surface area (Å²) in [5, 5.41) is 18.8. The predicted octanol–water partition coefficient (Wildman–Crippen LogP) is 2.78. The molecular formula is C13H6BrClN4O. The molecule has 3 N–H and O–H groups in total. The molecular weight excluding hydrogens is 344 g/mol. The Morgan fingerprint density at radius 2 is 1.90 bits per heavy atom. The number of rotatable bonds is 1. The maximum absolute atomic E-state index is 11.8. The summed E-state index contributed by atoms with van der Waals surface area (Å²) in [5.41, 5.74) is 5.60. The minimum Gasteiger partial charge on any atom is -0.384 e. The summed E-state index contributed by atoms with van der Waals surface area (Å²) in [4.78, 5) is 14.1. The smallest absolute Gasteiger partial charge is 0.268 e. The van der Waals surface area contributed by atoms with Crippen molar-refractivity contribution in [1.82, 2.24) is 4.98 Å². The Bertz CT molecular complexity index is 845. The summed E-state index contributed by atoms with van der Waals surface area (Å²) in [6.45, 7) is 0. The Balaban J connectivity index is 2.92. The van der Waals surface area contributed by atoms with Crippen LogP contribution < -0.4 is 11.3 Å². The van der Waals surface area contributed by atoms with E-state index in [9.17, 15) is 10.1 Å². The van der Waals surface area contributed by atoms with Gasteiger partial charge in [-0.05, 0) is 33.6 Å². The molecule has 0 spiro atoms. The van der Waals surface area contributed by atoms with Crippen LogP contribution in [0.4, 0.5) is 5.82 Å². The van der Waals surface area contributed by atoms with Gasteiger partial charge in [0.2, 0.25) is 0 Å². The van der Waals surface area contributed by atoms with E-state index in [4.69, 9.17) is 22.6 Å². The summed E-state index contributed by atoms with van der Waals surface area (Å²) in [7, 11) is 0. The van der Waals surface area contributed by atoms with Crippen LogP contribution in [0.3, 0.4) is 0 Å². The Hall–Kier alpha value is -2.28. The van der Waals surface area contributed by atoms with Gasteiger partial charge in [0, 0.05) is 10.0 Å². The lowest BCUT2D eigenvalue weighted by atomic mass is 9.97. The average molecular weight is 350 g/mol. The summed E-state index contributed by atoms with van der Waals surface area (Å²) in [6, 6.07) is 8.54. The molecule has 98 valence electrons. The van der Waals surface area contributed by atoms with E-state index in [1.165, 1.54) is 0 Å². The number of halogens is 2. The second-order valence-corrected chi connectivity index (χ2v) is 5.11. The van der Waals surface area contributed by atoms with Crippen molar-refractivity contribution in [3.8, 4) is 23.3 Å². The molecule has 0 aliphatic heterocycles. The van der Waals surface area contributed by atoms with Gasteiger partial charge in [0.15, 0.2) is 0 Å². The number of aromatic nitrogens is 1. The zero-order valence-corrected chi connectivity index (χ0v) is 12.2. The van der Waals surface area contributed by atoms with Crippen molar-refractivity contribution in [2.45, 2.75) is 0 Å². The van der Waals surface area contributed by atoms with E-state index in [2.05, 4.69) is 20.9 Å². The summed E-state index contributed by atoms with van der Waals surface area (Å²) < 4.78 is 0.586. The van der Waals surface area contributed by atoms with E-state index in [1.807, 2.05) is 6.07 Å². The molecule has 0 amide bonds. The zero-order valence-electron chi connectivity index (χ0n) is 9.87. The van der Waals surface area contributed by atoms with Crippen LogP contribution in [-0.4, -0.2) is 4.98 Å². The molecule has 7 heteroatoms. The van der Waals surface area contributed by atoms with Crippen molar-refractivity contribution >= 4 is 33.3 Å². The molecule has 0 aliphatic carbocycles. The third kappa shape index (κ3) is 2.27. The minimum atomic E-state index is -0.634. The summed E-state index contributed by atoms with van der Waals surface area (Å²) in [5.74, 6) is -0.0717. The highest BCUT2D eigenvalue weighted by Crippen LogP contribution is 2.32. The number of nitriles is 2. The van der Waals surface area contributed by atoms with E-state index >= 15 is 0 Å². The molecule has 1 aromatic heterocycles. The first-order chi connectivity index (χ1) is 9.49. The number of nitrogens with two attached hydrogens (primary N) is 1. The van der Waals surface area contributed by atoms with Gasteiger partial charge in [0.1, 0.15) is 29.1 Å². The quantitative estimate of drug-likeness (QED) is 0.825. The van der Waals surface area contributed by atoms with E-state index in [0.29, 0.717) is 15.1 Å². The number of nitrogens with one attached hydrogen (secondary N) is 1. The molecule has 2 rings (SSSR count). The van der Waals surface area contributed by atoms with E-state index in [1.54, 1.807) is 24.3 Å². The van der Waals surface area contributed by atoms with Gasteiger partial charge in [-0.2, -0.15) is 10.5 Å². The second kappa shape index (κ2) is 5.38. The molecule has 0 saturated heterocycles. The Labute approximate surface area is 127 Å². The van der Waals surface area contributed by atoms with Crippen molar-refractivity contribution in [2.24, 2.45) is 0 Å². The van der Waals surface area contributed by atoms with Crippen molar-refractivity contribution in [3.63, 3.8) is 0 Å². The maximum Gasteiger partial charge on any atom is 0.268 e. The van der Waals surface area contributed by atoms with Crippen molar-refractivity contribution < 1.29 is 0 Å². The standard InChI is InChI=1S/C13H6BrClN4O/c14-9-3-6(1-2-10(9)15)11-7(4-16)12(18)19-13(20)8(11)5-17/h1-3H,(H3,18,19,20). The van der Waals surface area contributed by atoms with Crippen LogP contribution in [-0.2, 0) is 0 Å². The molecule has 1 heterocycles. The molecule has 1 aromatic carbocycles. The number of benzene rings is 1. The fourth-order valence-electron chi connectivity index (χ4n) is 1.78. The zero-order chi connectivity index (χ0) is 14.9. The minimum absolute atomic E-state index is 0.0513. The van der Waals surface area contributed by atoms with Crippen LogP contribution in [0, 0.1) is 22.7 Å². The third-order valence-electron chi connectivity index (χ3n) is 2.68. The van der Waals surface area contributed by atoms with Crippen LogP contribution in [0.2, 0.25) is 5.02 Å². The third-order valence-corrected chi connectivity index (χ3v) is 3.89. The molecule has 0 atom stereocenters. The molecule has 0 bridgehead atoms. The van der Waals surface area contributed by atoms with Gasteiger partial charge in [-0.3, -0.25) is 4.79 Å². The van der Waals surface area contributed by atoms with Crippen molar-refractivity contribution in [3.05, 3.63) is 49.2 Å². The molecule has 0 aliphatic rings. The Morgan fingerprint density at radius 1 is 1.25 bits per heavy atom. The van der Waals surface area contributed by atoms with Gasteiger partial charge < -0.3 is 10.7 Å². The van der Waals surface area contributed by atoms with E-state index in [0.717, 1.165) is 0 Å². The molecule has 0 unspecified atom stereocenters. The number of hydrogen-bond acceptors (Lipinski definition) is 4. The van der Waals surface area contributed by atoms with Crippen molar-refractivity contribution in [1.29, 1.82) is 10.5 Å². The van der Waals surface area contributed by atoms with Gasteiger partial charge in [0.05, 0.1) is 5.02 Å². The number of nitrogens with zero attached hydrogens (tertiary/aromatic N) is 2. The fraction of sp³-hybridized carbons (Fsp3) is 0. The predicted molar refractivity (Wildman–Crippen MR) is 79.1 cm³/mol. The van der Waals surface area contributed by atoms with Crippen LogP contribution in [0.15, 0.2) is 27.5 Å². The lowest BCUT2D eigenvalue weighted by molar-refractivity contribution is 1.21. The molecule has 0 fully saturated rings. The highest BCUT2D eigenvalue weighted by atomic mass is 79.9. The Morgan fingerprint density at radius 3 is 2.45 bits per heavy atom. The molecule has 5 nitrogen and oxygen atoms in total. The van der Waals surface area contributed by atoms with Gasteiger partial charge in [-0.25, -0.2) is 0 Å². The largest absolute Gasteiger partial charge is 0.384 e. The van der Waals surface area contributed by atoms with Gasteiger partial charge in [-0.15, -0.1) is 0 Å². The lowest BCUT2D eigenvalue weighted by Crippen LogP contribution is -2.16. The number of pyridine rings is 1. The Kier molecular flexibility index (Phi) is 3.80. The second-order valence-electron chi connectivity index (χ2n) is 3.85.